The molecule has 192 valence electrons. The smallest absolute Gasteiger partial charge is 0.329 e. The first-order chi connectivity index (χ1) is 17.0. The van der Waals surface area contributed by atoms with Gasteiger partial charge in [-0.2, -0.15) is 0 Å². The van der Waals surface area contributed by atoms with Gasteiger partial charge >= 0.3 is 5.69 Å². The molecule has 0 spiro atoms. The van der Waals surface area contributed by atoms with Crippen LogP contribution in [0.2, 0.25) is 0 Å². The Labute approximate surface area is 208 Å². The van der Waals surface area contributed by atoms with E-state index in [9.17, 15) is 19.5 Å². The highest BCUT2D eigenvalue weighted by Gasteiger charge is 2.32. The van der Waals surface area contributed by atoms with Crippen LogP contribution in [0.3, 0.4) is 0 Å². The molecule has 11 heteroatoms. The molecule has 0 aliphatic carbocycles. The number of nitrogens with one attached hydrogen (secondary N) is 3. The number of benzene rings is 1. The lowest BCUT2D eigenvalue weighted by Gasteiger charge is -2.19. The summed E-state index contributed by atoms with van der Waals surface area (Å²) in [6, 6.07) is 6.94. The van der Waals surface area contributed by atoms with Crippen molar-refractivity contribution in [2.75, 3.05) is 11.9 Å². The molecule has 3 heterocycles. The van der Waals surface area contributed by atoms with Gasteiger partial charge in [-0.25, -0.2) is 4.79 Å². The number of aromatic hydroxyl groups is 1. The fourth-order valence-electron chi connectivity index (χ4n) is 4.24. The highest BCUT2D eigenvalue weighted by molar-refractivity contribution is 5.98. The second-order valence-electron chi connectivity index (χ2n) is 10.5. The molecule has 2 aromatic heterocycles. The van der Waals surface area contributed by atoms with Crippen molar-refractivity contribution in [2.45, 2.75) is 65.0 Å². The third kappa shape index (κ3) is 5.05. The number of hydrogen-bond acceptors (Lipinski definition) is 8. The van der Waals surface area contributed by atoms with Gasteiger partial charge in [0.25, 0.3) is 5.89 Å². The number of ketones is 1. The molecule has 1 amide bonds. The van der Waals surface area contributed by atoms with Gasteiger partial charge in [-0.3, -0.25) is 14.2 Å². The first-order valence-corrected chi connectivity index (χ1v) is 12.0. The monoisotopic (exact) mass is 496 g/mol. The average molecular weight is 497 g/mol. The summed E-state index contributed by atoms with van der Waals surface area (Å²) in [4.78, 5) is 41.0. The van der Waals surface area contributed by atoms with Crippen LogP contribution in [0.4, 0.5) is 5.69 Å². The largest absolute Gasteiger partial charge is 0.493 e. The van der Waals surface area contributed by atoms with E-state index in [1.54, 1.807) is 13.8 Å². The maximum absolute atomic E-state index is 13.0. The number of aromatic amines is 1. The van der Waals surface area contributed by atoms with Crippen LogP contribution in [-0.4, -0.2) is 49.1 Å². The van der Waals surface area contributed by atoms with E-state index >= 15 is 0 Å². The molecule has 1 aromatic carbocycles. The SMILES string of the molecule is CC(C)[C@H](NC(=O)Cn1c(O)c(CC2CNc3ccccc32)[nH]c1=O)C(=O)c1nnc(C(C)(C)C)o1. The summed E-state index contributed by atoms with van der Waals surface area (Å²) in [6.07, 6.45) is 0.403. The van der Waals surface area contributed by atoms with Crippen LogP contribution in [0.15, 0.2) is 33.5 Å². The molecule has 2 atom stereocenters. The Hall–Kier alpha value is -3.89. The first-order valence-electron chi connectivity index (χ1n) is 12.0. The van der Waals surface area contributed by atoms with Gasteiger partial charge < -0.3 is 25.1 Å². The van der Waals surface area contributed by atoms with Crippen LogP contribution in [0.25, 0.3) is 0 Å². The third-order valence-electron chi connectivity index (χ3n) is 6.26. The van der Waals surface area contributed by atoms with Gasteiger partial charge in [0.1, 0.15) is 6.54 Å². The quantitative estimate of drug-likeness (QED) is 0.346. The zero-order valence-corrected chi connectivity index (χ0v) is 21.1. The van der Waals surface area contributed by atoms with E-state index in [1.807, 2.05) is 45.0 Å². The predicted octanol–water partition coefficient (Wildman–Crippen LogP) is 2.34. The zero-order chi connectivity index (χ0) is 26.2. The molecule has 0 bridgehead atoms. The van der Waals surface area contributed by atoms with Crippen molar-refractivity contribution in [3.8, 4) is 5.88 Å². The summed E-state index contributed by atoms with van der Waals surface area (Å²) in [5.41, 5.74) is 1.47. The predicted molar refractivity (Wildman–Crippen MR) is 132 cm³/mol. The van der Waals surface area contributed by atoms with Crippen molar-refractivity contribution in [1.29, 1.82) is 0 Å². The van der Waals surface area contributed by atoms with E-state index in [1.165, 1.54) is 0 Å². The van der Waals surface area contributed by atoms with Crippen LogP contribution in [0, 0.1) is 5.92 Å². The molecule has 0 fully saturated rings. The van der Waals surface area contributed by atoms with Gasteiger partial charge in [-0.15, -0.1) is 10.2 Å². The third-order valence-corrected chi connectivity index (χ3v) is 6.26. The van der Waals surface area contributed by atoms with E-state index < -0.39 is 35.4 Å². The van der Waals surface area contributed by atoms with Crippen molar-refractivity contribution >= 4 is 17.4 Å². The van der Waals surface area contributed by atoms with Gasteiger partial charge in [0.05, 0.1) is 11.7 Å². The molecule has 1 aliphatic heterocycles. The first kappa shape index (κ1) is 25.2. The number of nitrogens with zero attached hydrogens (tertiary/aromatic N) is 3. The van der Waals surface area contributed by atoms with Gasteiger partial charge in [0.2, 0.25) is 23.5 Å². The zero-order valence-electron chi connectivity index (χ0n) is 21.1. The summed E-state index contributed by atoms with van der Waals surface area (Å²) in [7, 11) is 0. The number of aromatic nitrogens is 4. The molecular weight excluding hydrogens is 464 g/mol. The number of H-pyrrole nitrogens is 1. The maximum Gasteiger partial charge on any atom is 0.329 e. The Morgan fingerprint density at radius 3 is 2.64 bits per heavy atom. The van der Waals surface area contributed by atoms with Crippen molar-refractivity contribution in [2.24, 2.45) is 5.92 Å². The van der Waals surface area contributed by atoms with E-state index in [0.29, 0.717) is 24.6 Å². The fraction of sp³-hybridized carbons (Fsp3) is 0.480. The minimum atomic E-state index is -0.942. The normalized spacial score (nSPS) is 16.0. The van der Waals surface area contributed by atoms with E-state index in [0.717, 1.165) is 15.8 Å². The lowest BCUT2D eigenvalue weighted by Crippen LogP contribution is -2.46. The number of imidazole rings is 1. The number of amides is 1. The number of rotatable bonds is 8. The minimum absolute atomic E-state index is 0.0720. The molecule has 36 heavy (non-hydrogen) atoms. The summed E-state index contributed by atoms with van der Waals surface area (Å²) < 4.78 is 6.51. The van der Waals surface area contributed by atoms with Crippen molar-refractivity contribution < 1.29 is 19.1 Å². The van der Waals surface area contributed by atoms with Crippen LogP contribution in [0.5, 0.6) is 5.88 Å². The number of fused-ring (bicyclic) bond motifs is 1. The Bertz CT molecular complexity index is 1330. The Balaban J connectivity index is 1.46. The maximum atomic E-state index is 13.0. The van der Waals surface area contributed by atoms with E-state index in [4.69, 9.17) is 4.42 Å². The molecule has 11 nitrogen and oxygen atoms in total. The van der Waals surface area contributed by atoms with E-state index in [-0.39, 0.29) is 23.6 Å². The second kappa shape index (κ2) is 9.63. The number of carbonyl (C=O) groups is 2. The topological polar surface area (TPSA) is 155 Å². The molecule has 4 N–H and O–H groups in total. The highest BCUT2D eigenvalue weighted by atomic mass is 16.4. The summed E-state index contributed by atoms with van der Waals surface area (Å²) >= 11 is 0. The highest BCUT2D eigenvalue weighted by Crippen LogP contribution is 2.34. The summed E-state index contributed by atoms with van der Waals surface area (Å²) in [5, 5.41) is 24.5. The fourth-order valence-corrected chi connectivity index (χ4v) is 4.24. The molecule has 1 unspecified atom stereocenters. The molecule has 0 saturated carbocycles. The van der Waals surface area contributed by atoms with Crippen LogP contribution in [0.1, 0.15) is 68.4 Å². The number of anilines is 1. The van der Waals surface area contributed by atoms with Crippen LogP contribution in [-0.2, 0) is 23.2 Å². The number of para-hydroxylation sites is 1. The lowest BCUT2D eigenvalue weighted by molar-refractivity contribution is -0.122. The van der Waals surface area contributed by atoms with Gasteiger partial charge in [0.15, 0.2) is 0 Å². The minimum Gasteiger partial charge on any atom is -0.493 e. The molecule has 3 aromatic rings. The lowest BCUT2D eigenvalue weighted by atomic mass is 9.96. The Kier molecular flexibility index (Phi) is 6.75. The average Bonchev–Trinajstić information content (AvgIpc) is 3.52. The van der Waals surface area contributed by atoms with Crippen molar-refractivity contribution in [3.05, 3.63) is 57.8 Å². The standard InChI is InChI=1S/C25H32N6O5/c1-13(2)19(20(33)21-29-30-23(36-21)25(3,4)5)28-18(32)12-31-22(34)17(27-24(31)35)10-14-11-26-16-9-7-6-8-15(14)16/h6-9,13-14,19,26,34H,10-12H2,1-5H3,(H,27,35)(H,28,32)/t14?,19-/m0/s1. The summed E-state index contributed by atoms with van der Waals surface area (Å²) in [6.45, 7) is 9.42. The number of Topliss-reactive ketones (excluding diaryl/α,β-unsaturated/α-hetero) is 1. The van der Waals surface area contributed by atoms with Crippen molar-refractivity contribution in [3.63, 3.8) is 0 Å². The summed E-state index contributed by atoms with van der Waals surface area (Å²) in [5.74, 6) is -1.49. The Morgan fingerprint density at radius 1 is 1.25 bits per heavy atom. The van der Waals surface area contributed by atoms with Crippen LogP contribution >= 0.6 is 0 Å². The molecule has 0 saturated heterocycles. The Morgan fingerprint density at radius 2 is 1.97 bits per heavy atom. The van der Waals surface area contributed by atoms with Gasteiger partial charge in [0, 0.05) is 30.0 Å². The number of hydrogen-bond donors (Lipinski definition) is 4. The molecule has 1 aliphatic rings. The van der Waals surface area contributed by atoms with Gasteiger partial charge in [-0.1, -0.05) is 52.8 Å². The molecular formula is C25H32N6O5. The van der Waals surface area contributed by atoms with E-state index in [2.05, 4.69) is 25.8 Å². The van der Waals surface area contributed by atoms with Crippen LogP contribution < -0.4 is 16.3 Å². The van der Waals surface area contributed by atoms with Crippen molar-refractivity contribution in [1.82, 2.24) is 25.1 Å². The molecule has 0 radical (unpaired) electrons. The molecule has 4 rings (SSSR count). The number of carbonyl (C=O) groups excluding carboxylic acids is 2. The van der Waals surface area contributed by atoms with Gasteiger partial charge in [-0.05, 0) is 17.5 Å². The second-order valence-corrected chi connectivity index (χ2v) is 10.5.